The van der Waals surface area contributed by atoms with E-state index >= 15 is 0 Å². The van der Waals surface area contributed by atoms with Gasteiger partial charge in [-0.15, -0.1) is 0 Å². The van der Waals surface area contributed by atoms with Gasteiger partial charge in [0.25, 0.3) is 0 Å². The third-order valence-corrected chi connectivity index (χ3v) is 6.94. The highest BCUT2D eigenvalue weighted by molar-refractivity contribution is 6.51. The van der Waals surface area contributed by atoms with Crippen LogP contribution in [-0.4, -0.2) is 65.8 Å². The lowest BCUT2D eigenvalue weighted by Crippen LogP contribution is -2.18. The molecular weight excluding hydrogens is 568 g/mol. The second kappa shape index (κ2) is 13.6. The number of methoxy groups -OCH3 is 6. The van der Waals surface area contributed by atoms with Gasteiger partial charge in [-0.3, -0.25) is 19.2 Å². The van der Waals surface area contributed by atoms with Crippen LogP contribution in [0.3, 0.4) is 0 Å². The van der Waals surface area contributed by atoms with Crippen LogP contribution in [0.2, 0.25) is 0 Å². The number of rotatable bonds is 13. The van der Waals surface area contributed by atoms with Crippen molar-refractivity contribution in [3.63, 3.8) is 0 Å². The fraction of sp³-hybridized carbons (Fsp3) is 0.176. The van der Waals surface area contributed by atoms with Gasteiger partial charge < -0.3 is 28.4 Å². The lowest BCUT2D eigenvalue weighted by Gasteiger charge is -2.18. The first-order valence-corrected chi connectivity index (χ1v) is 13.2. The minimum atomic E-state index is -0.888. The molecule has 4 rings (SSSR count). The third kappa shape index (κ3) is 6.10. The SMILES string of the molecule is COc1ccc(C(=O)C(=O)c2cc(OC)c(OC)cc2-c2cc(OC)c(OC)cc2C(=O)C(=O)c2ccc(OC)cc2)cc1. The Labute approximate surface area is 254 Å². The molecule has 0 bridgehead atoms. The second-order valence-electron chi connectivity index (χ2n) is 9.28. The van der Waals surface area contributed by atoms with E-state index in [0.29, 0.717) is 11.5 Å². The van der Waals surface area contributed by atoms with E-state index in [9.17, 15) is 19.2 Å². The third-order valence-electron chi connectivity index (χ3n) is 6.94. The van der Waals surface area contributed by atoms with E-state index in [4.69, 9.17) is 28.4 Å². The minimum Gasteiger partial charge on any atom is -0.497 e. The lowest BCUT2D eigenvalue weighted by atomic mass is 9.87. The molecule has 10 nitrogen and oxygen atoms in total. The van der Waals surface area contributed by atoms with Gasteiger partial charge in [-0.05, 0) is 83.9 Å². The monoisotopic (exact) mass is 598 g/mol. The van der Waals surface area contributed by atoms with Crippen molar-refractivity contribution in [2.24, 2.45) is 0 Å². The molecule has 0 aliphatic carbocycles. The van der Waals surface area contributed by atoms with E-state index in [1.54, 1.807) is 24.3 Å². The number of hydrogen-bond acceptors (Lipinski definition) is 10. The van der Waals surface area contributed by atoms with E-state index in [2.05, 4.69) is 0 Å². The number of ether oxygens (including phenoxy) is 6. The first-order chi connectivity index (χ1) is 21.2. The Balaban J connectivity index is 1.95. The number of carbonyl (C=O) groups is 4. The molecule has 0 saturated heterocycles. The van der Waals surface area contributed by atoms with Gasteiger partial charge in [-0.25, -0.2) is 0 Å². The molecule has 226 valence electrons. The molecule has 44 heavy (non-hydrogen) atoms. The summed E-state index contributed by atoms with van der Waals surface area (Å²) in [5, 5.41) is 0. The van der Waals surface area contributed by atoms with Gasteiger partial charge in [-0.1, -0.05) is 0 Å². The van der Waals surface area contributed by atoms with E-state index in [1.165, 1.54) is 91.2 Å². The molecule has 0 heterocycles. The molecule has 4 aromatic rings. The summed E-state index contributed by atoms with van der Waals surface area (Å²) in [7, 11) is 8.55. The summed E-state index contributed by atoms with van der Waals surface area (Å²) in [6.07, 6.45) is 0. The number of carbonyl (C=O) groups excluding carboxylic acids is 4. The molecule has 0 aliphatic heterocycles. The fourth-order valence-electron chi connectivity index (χ4n) is 4.57. The maximum absolute atomic E-state index is 13.8. The summed E-state index contributed by atoms with van der Waals surface area (Å²) in [4.78, 5) is 54.5. The zero-order valence-corrected chi connectivity index (χ0v) is 25.0. The molecule has 0 radical (unpaired) electrons. The van der Waals surface area contributed by atoms with Crippen LogP contribution < -0.4 is 28.4 Å². The minimum absolute atomic E-state index is 0.0957. The molecule has 0 atom stereocenters. The van der Waals surface area contributed by atoms with Gasteiger partial charge in [-0.2, -0.15) is 0 Å². The summed E-state index contributed by atoms with van der Waals surface area (Å²) < 4.78 is 32.1. The van der Waals surface area contributed by atoms with Crippen LogP contribution in [0.25, 0.3) is 11.1 Å². The molecule has 4 aromatic carbocycles. The quantitative estimate of drug-likeness (QED) is 0.143. The number of hydrogen-bond donors (Lipinski definition) is 0. The standard InChI is InChI=1S/C34H30O10/c1-39-21-11-7-19(8-12-21)31(35)33(37)25-17-29(43-5)27(41-3)15-23(25)24-16-28(42-4)30(44-6)18-26(24)34(38)32(36)20-9-13-22(40-2)14-10-20/h7-18H,1-6H3. The molecule has 0 unspecified atom stereocenters. The van der Waals surface area contributed by atoms with Crippen molar-refractivity contribution in [2.45, 2.75) is 0 Å². The molecule has 0 saturated carbocycles. The van der Waals surface area contributed by atoms with Crippen molar-refractivity contribution >= 4 is 23.1 Å². The summed E-state index contributed by atoms with van der Waals surface area (Å²) >= 11 is 0. The topological polar surface area (TPSA) is 124 Å². The van der Waals surface area contributed by atoms with Crippen molar-refractivity contribution in [3.05, 3.63) is 95.1 Å². The van der Waals surface area contributed by atoms with Gasteiger partial charge in [0.15, 0.2) is 23.0 Å². The number of Topliss-reactive ketones (excluding diaryl/α,β-unsaturated/α-hetero) is 4. The Kier molecular flexibility index (Phi) is 9.64. The molecular formula is C34H30O10. The van der Waals surface area contributed by atoms with Gasteiger partial charge in [0, 0.05) is 22.3 Å². The molecule has 0 spiro atoms. The molecule has 0 N–H and O–H groups in total. The zero-order chi connectivity index (χ0) is 32.0. The lowest BCUT2D eigenvalue weighted by molar-refractivity contribution is 0.0816. The smallest absolute Gasteiger partial charge is 0.234 e. The predicted molar refractivity (Wildman–Crippen MR) is 161 cm³/mol. The van der Waals surface area contributed by atoms with Crippen LogP contribution in [0.15, 0.2) is 72.8 Å². The van der Waals surface area contributed by atoms with Crippen molar-refractivity contribution in [3.8, 4) is 45.6 Å². The summed E-state index contributed by atoms with van der Waals surface area (Å²) in [5.41, 5.74) is 0.301. The highest BCUT2D eigenvalue weighted by atomic mass is 16.5. The highest BCUT2D eigenvalue weighted by Crippen LogP contribution is 2.42. The van der Waals surface area contributed by atoms with Crippen molar-refractivity contribution in [1.29, 1.82) is 0 Å². The molecule has 0 aliphatic rings. The van der Waals surface area contributed by atoms with Crippen molar-refractivity contribution in [2.75, 3.05) is 42.7 Å². The van der Waals surface area contributed by atoms with Crippen LogP contribution in [0.4, 0.5) is 0 Å². The summed E-state index contributed by atoms with van der Waals surface area (Å²) in [6, 6.07) is 17.8. The van der Waals surface area contributed by atoms with Crippen LogP contribution in [-0.2, 0) is 0 Å². The Morgan fingerprint density at radius 2 is 0.682 bits per heavy atom. The maximum atomic E-state index is 13.8. The van der Waals surface area contributed by atoms with E-state index in [1.807, 2.05) is 0 Å². The predicted octanol–water partition coefficient (Wildman–Crippen LogP) is 5.54. The van der Waals surface area contributed by atoms with Crippen molar-refractivity contribution < 1.29 is 47.6 Å². The summed E-state index contributed by atoms with van der Waals surface area (Å²) in [5.74, 6) is -1.62. The summed E-state index contributed by atoms with van der Waals surface area (Å²) in [6.45, 7) is 0. The Morgan fingerprint density at radius 3 is 0.955 bits per heavy atom. The normalized spacial score (nSPS) is 10.4. The van der Waals surface area contributed by atoms with Crippen LogP contribution >= 0.6 is 0 Å². The average Bonchev–Trinajstić information content (AvgIpc) is 3.09. The zero-order valence-electron chi connectivity index (χ0n) is 25.0. The largest absolute Gasteiger partial charge is 0.497 e. The molecule has 10 heteroatoms. The van der Waals surface area contributed by atoms with Gasteiger partial charge >= 0.3 is 0 Å². The molecule has 0 amide bonds. The molecule has 0 aromatic heterocycles. The van der Waals surface area contributed by atoms with Gasteiger partial charge in [0.05, 0.1) is 42.7 Å². The van der Waals surface area contributed by atoms with E-state index in [-0.39, 0.29) is 56.4 Å². The second-order valence-corrected chi connectivity index (χ2v) is 9.28. The first-order valence-electron chi connectivity index (χ1n) is 13.2. The Morgan fingerprint density at radius 1 is 0.386 bits per heavy atom. The number of benzene rings is 4. The van der Waals surface area contributed by atoms with Crippen LogP contribution in [0.1, 0.15) is 41.4 Å². The number of ketones is 4. The Bertz CT molecular complexity index is 1590. The van der Waals surface area contributed by atoms with Gasteiger partial charge in [0.2, 0.25) is 23.1 Å². The van der Waals surface area contributed by atoms with Crippen LogP contribution in [0, 0.1) is 0 Å². The first kappa shape index (κ1) is 31.3. The van der Waals surface area contributed by atoms with E-state index in [0.717, 1.165) is 0 Å². The maximum Gasteiger partial charge on any atom is 0.234 e. The molecule has 0 fully saturated rings. The van der Waals surface area contributed by atoms with Crippen molar-refractivity contribution in [1.82, 2.24) is 0 Å². The Hall–Kier alpha value is -5.64. The van der Waals surface area contributed by atoms with E-state index < -0.39 is 23.1 Å². The van der Waals surface area contributed by atoms with Gasteiger partial charge in [0.1, 0.15) is 11.5 Å². The van der Waals surface area contributed by atoms with Crippen LogP contribution in [0.5, 0.6) is 34.5 Å². The average molecular weight is 599 g/mol. The highest BCUT2D eigenvalue weighted by Gasteiger charge is 2.30. The fourth-order valence-corrected chi connectivity index (χ4v) is 4.57.